The van der Waals surface area contributed by atoms with Crippen LogP contribution >= 0.6 is 21.6 Å². The maximum atomic E-state index is 15.4. The Kier molecular flexibility index (Phi) is 33.2. The van der Waals surface area contributed by atoms with E-state index in [-0.39, 0.29) is 95.6 Å². The third-order valence-electron chi connectivity index (χ3n) is 20.0. The number of carboxylic acid groups (broad SMARTS) is 1. The minimum atomic E-state index is -1.96. The van der Waals surface area contributed by atoms with E-state index >= 15 is 24.0 Å². The summed E-state index contributed by atoms with van der Waals surface area (Å²) in [5, 5.41) is 60.5. The molecule has 14 amide bonds. The summed E-state index contributed by atoms with van der Waals surface area (Å²) in [5.41, 5.74) is 18.2. The Labute approximate surface area is 639 Å². The number of amides is 14. The Hall–Kier alpha value is -9.66. The lowest BCUT2D eigenvalue weighted by atomic mass is 9.96. The maximum Gasteiger partial charge on any atom is 0.305 e. The van der Waals surface area contributed by atoms with Gasteiger partial charge in [0.1, 0.15) is 78.5 Å². The second-order valence-corrected chi connectivity index (χ2v) is 30.5. The average molecular weight is 1560 g/mol. The van der Waals surface area contributed by atoms with Crippen molar-refractivity contribution in [1.82, 2.24) is 73.2 Å². The van der Waals surface area contributed by atoms with E-state index in [9.17, 15) is 63.3 Å². The van der Waals surface area contributed by atoms with Crippen molar-refractivity contribution >= 4 is 122 Å². The number of carbonyl (C=O) groups excluding carboxylic acids is 14. The number of guanidine groups is 1. The minimum absolute atomic E-state index is 0.0154. The number of aliphatic hydroxyl groups excluding tert-OH is 2. The average Bonchev–Trinajstić information content (AvgIpc) is 1.70. The number of carboxylic acids is 1. The molecule has 0 spiro atoms. The Morgan fingerprint density at radius 3 is 1.57 bits per heavy atom. The third kappa shape index (κ3) is 24.4. The molecule has 2 bridgehead atoms. The van der Waals surface area contributed by atoms with E-state index in [0.29, 0.717) is 36.8 Å². The molecule has 7 rings (SSSR count). The van der Waals surface area contributed by atoms with Crippen molar-refractivity contribution in [3.63, 3.8) is 0 Å². The van der Waals surface area contributed by atoms with Crippen LogP contribution in [0.15, 0.2) is 59.6 Å². The Bertz CT molecular complexity index is 3630. The van der Waals surface area contributed by atoms with Gasteiger partial charge in [0.25, 0.3) is 0 Å². The van der Waals surface area contributed by atoms with E-state index < -0.39 is 216 Å². The molecule has 0 saturated carbocycles. The smallest absolute Gasteiger partial charge is 0.305 e. The number of unbranched alkanes of at least 4 members (excludes halogenated alkanes) is 1. The lowest BCUT2D eigenvalue weighted by molar-refractivity contribution is -0.149. The molecular weight excluding hydrogens is 1460 g/mol. The van der Waals surface area contributed by atoms with Gasteiger partial charge in [-0.3, -0.25) is 71.9 Å². The minimum Gasteiger partial charge on any atom is -0.481 e. The summed E-state index contributed by atoms with van der Waals surface area (Å²) in [6.45, 7) is 6.28. The van der Waals surface area contributed by atoms with E-state index in [1.807, 2.05) is 0 Å². The number of fused-ring (bicyclic) bond motifs is 8. The molecule has 5 saturated heterocycles. The Morgan fingerprint density at radius 1 is 0.514 bits per heavy atom. The summed E-state index contributed by atoms with van der Waals surface area (Å²) in [4.78, 5) is 227. The van der Waals surface area contributed by atoms with Gasteiger partial charge in [-0.15, -0.1) is 0 Å². The van der Waals surface area contributed by atoms with Crippen molar-refractivity contribution in [2.45, 2.75) is 209 Å². The number of aliphatic imine (C=N–C) groups is 1. The zero-order chi connectivity index (χ0) is 79.8. The predicted molar refractivity (Wildman–Crippen MR) is 400 cm³/mol. The molecule has 5 aliphatic rings. The summed E-state index contributed by atoms with van der Waals surface area (Å²) in [6, 6.07) is -5.74. The van der Waals surface area contributed by atoms with Gasteiger partial charge in [-0.2, -0.15) is 0 Å². The molecular formula is C71H104N18O18S2. The number of hydrogen-bond donors (Lipinski definition) is 17. The summed E-state index contributed by atoms with van der Waals surface area (Å²) < 4.78 is 0. The van der Waals surface area contributed by atoms with E-state index in [0.717, 1.165) is 28.5 Å². The van der Waals surface area contributed by atoms with Gasteiger partial charge in [-0.1, -0.05) is 105 Å². The van der Waals surface area contributed by atoms with Crippen LogP contribution in [0.1, 0.15) is 123 Å². The highest BCUT2D eigenvalue weighted by atomic mass is 33.1. The quantitative estimate of drug-likeness (QED) is 0.0309. The molecule has 16 atom stereocenters. The molecule has 0 aromatic heterocycles. The number of nitrogens with zero attached hydrogens (tertiary/aromatic N) is 4. The molecule has 109 heavy (non-hydrogen) atoms. The lowest BCUT2D eigenvalue weighted by Gasteiger charge is -2.35. The Balaban J connectivity index is 1.37. The van der Waals surface area contributed by atoms with Crippen LogP contribution in [-0.2, 0) is 84.8 Å². The SMILES string of the molecule is CC[C@H](C)[C@@H]1NC(=O)[C@@H]2CCCN2C(=O)[C@@H]2CCCN2C(=O)[C@H]([C@@H](C)CC)NC(=O)[C@H](CO)NC(=O)[C@H](CCCCN)NC(=O)[C@H]([C@@H](C)O)NC(=O)[C@@H]2CSSC[C@H](NC1=O)C(=O)N[C@@H](Cc1ccccc1)C(=O)N1CCC[C@H]1C(=O)N[C@@H](CC(=O)O)C(=O)NCC(=O)N[C@@H](Cc1ccc(N=C(N)N)cc1)C(=O)N2. The first kappa shape index (κ1) is 86.6. The van der Waals surface area contributed by atoms with Crippen molar-refractivity contribution < 1.29 is 87.2 Å². The topological polar surface area (TPSA) is 549 Å². The first-order chi connectivity index (χ1) is 52.0. The number of rotatable bonds is 17. The van der Waals surface area contributed by atoms with Gasteiger partial charge in [0.15, 0.2) is 5.96 Å². The van der Waals surface area contributed by atoms with Crippen molar-refractivity contribution in [3.8, 4) is 0 Å². The standard InChI is InChI=1S/C71H104N18O18S2/c1-6-37(3)55-66(103)83-48-35-108-109-36-49(63(100)86-57(39(5)91)67(104)78-43(18-11-12-26-72)59(96)81-47(34-90)61(98)85-56(38(4)7-2)70(107)89-29-15-21-52(89)69(106)88-28-14-20-51(88)65(102)84-55)82-60(97)44(30-41-22-24-42(25-23-41)76-71(73)74)77-53(92)33-75-58(95)45(32-54(93)94)79-64(101)50-19-13-27-87(50)68(105)46(80-62(48)99)31-40-16-9-8-10-17-40/h8-10,16-17,22-25,37-39,43-52,55-57,90-91H,6-7,11-15,18-21,26-36,72H2,1-5H3,(H,75,95)(H,77,92)(H,78,104)(H,79,101)(H,80,99)(H,81,96)(H,82,97)(H,83,103)(H,84,102)(H,85,98)(H,86,100)(H,93,94)(H4,73,74,76)/t37-,38-,39+,43-,44-,45-,46-,47-,48-,49-,50-,51-,52-,55-,56-,57-/m0/s1. The number of aliphatic hydroxyl groups is 2. The predicted octanol–water partition coefficient (Wildman–Crippen LogP) is -4.21. The first-order valence-corrected chi connectivity index (χ1v) is 39.4. The summed E-state index contributed by atoms with van der Waals surface area (Å²) in [7, 11) is 1.69. The van der Waals surface area contributed by atoms with Gasteiger partial charge >= 0.3 is 5.97 Å². The number of benzene rings is 2. The highest BCUT2D eigenvalue weighted by molar-refractivity contribution is 8.76. The van der Waals surface area contributed by atoms with Gasteiger partial charge in [0, 0.05) is 44.0 Å². The summed E-state index contributed by atoms with van der Waals surface area (Å²) in [5.74, 6) is -17.3. The highest BCUT2D eigenvalue weighted by Crippen LogP contribution is 2.29. The molecule has 36 nitrogen and oxygen atoms in total. The van der Waals surface area contributed by atoms with E-state index in [1.54, 1.807) is 58.0 Å². The molecule has 2 aromatic carbocycles. The van der Waals surface area contributed by atoms with Crippen molar-refractivity contribution in [1.29, 1.82) is 0 Å². The van der Waals surface area contributed by atoms with Crippen LogP contribution in [0.3, 0.4) is 0 Å². The summed E-state index contributed by atoms with van der Waals surface area (Å²) in [6.07, 6.45) is -1.18. The molecule has 5 aliphatic heterocycles. The van der Waals surface area contributed by atoms with Crippen LogP contribution in [0.25, 0.3) is 0 Å². The van der Waals surface area contributed by atoms with Gasteiger partial charge in [0.05, 0.1) is 31.4 Å². The zero-order valence-electron chi connectivity index (χ0n) is 61.8. The van der Waals surface area contributed by atoms with Gasteiger partial charge in [0.2, 0.25) is 82.7 Å². The van der Waals surface area contributed by atoms with Crippen LogP contribution in [0.2, 0.25) is 0 Å². The van der Waals surface area contributed by atoms with Crippen LogP contribution in [-0.4, -0.2) is 260 Å². The lowest BCUT2D eigenvalue weighted by Crippen LogP contribution is -2.63. The largest absolute Gasteiger partial charge is 0.481 e. The molecule has 598 valence electrons. The molecule has 38 heteroatoms. The third-order valence-corrected chi connectivity index (χ3v) is 22.4. The Morgan fingerprint density at radius 2 is 0.991 bits per heavy atom. The molecule has 2 aromatic rings. The van der Waals surface area contributed by atoms with E-state index in [2.05, 4.69) is 63.5 Å². The number of carbonyl (C=O) groups is 15. The van der Waals surface area contributed by atoms with Crippen LogP contribution in [0.4, 0.5) is 5.69 Å². The molecule has 0 unspecified atom stereocenters. The fourth-order valence-electron chi connectivity index (χ4n) is 13.4. The van der Waals surface area contributed by atoms with Crippen LogP contribution < -0.4 is 75.7 Å². The molecule has 0 radical (unpaired) electrons. The fraction of sp³-hybridized carbons (Fsp3) is 0.606. The van der Waals surface area contributed by atoms with Crippen molar-refractivity contribution in [2.24, 2.45) is 34.0 Å². The van der Waals surface area contributed by atoms with E-state index in [1.165, 1.54) is 39.0 Å². The van der Waals surface area contributed by atoms with Crippen molar-refractivity contribution in [3.05, 3.63) is 65.7 Å². The number of aliphatic carboxylic acids is 1. The highest BCUT2D eigenvalue weighted by Gasteiger charge is 2.47. The second kappa shape index (κ2) is 41.8. The van der Waals surface area contributed by atoms with Gasteiger partial charge in [-0.05, 0) is 106 Å². The monoisotopic (exact) mass is 1560 g/mol. The molecule has 5 heterocycles. The first-order valence-electron chi connectivity index (χ1n) is 36.9. The zero-order valence-corrected chi connectivity index (χ0v) is 63.4. The number of nitrogens with one attached hydrogen (secondary N) is 11. The van der Waals surface area contributed by atoms with Crippen molar-refractivity contribution in [2.75, 3.05) is 50.8 Å². The normalized spacial score (nSPS) is 27.9. The molecule has 0 aliphatic carbocycles. The van der Waals surface area contributed by atoms with Gasteiger partial charge < -0.3 is 106 Å². The van der Waals surface area contributed by atoms with Gasteiger partial charge in [-0.25, -0.2) is 4.99 Å². The summed E-state index contributed by atoms with van der Waals surface area (Å²) >= 11 is 0. The number of nitrogens with two attached hydrogens (primary N) is 3. The maximum absolute atomic E-state index is 15.4. The number of hydrogen-bond acceptors (Lipinski definition) is 21. The van der Waals surface area contributed by atoms with E-state index in [4.69, 9.17) is 17.2 Å². The second-order valence-electron chi connectivity index (χ2n) is 28.0. The molecule has 20 N–H and O–H groups in total. The van der Waals surface area contributed by atoms with Crippen LogP contribution in [0, 0.1) is 11.8 Å². The van der Waals surface area contributed by atoms with Crippen LogP contribution in [0.5, 0.6) is 0 Å². The fourth-order valence-corrected chi connectivity index (χ4v) is 15.8. The molecule has 5 fully saturated rings.